The second-order valence-corrected chi connectivity index (χ2v) is 5.37. The fraction of sp³-hybridized carbons (Fsp3) is 0.786. The highest BCUT2D eigenvalue weighted by molar-refractivity contribution is 5.06. The number of hydrogen-bond donors (Lipinski definition) is 1. The van der Waals surface area contributed by atoms with Gasteiger partial charge in [-0.2, -0.15) is 5.10 Å². The van der Waals surface area contributed by atoms with Crippen LogP contribution in [-0.4, -0.2) is 47.7 Å². The molecule has 106 valence electrons. The molecule has 0 amide bonds. The number of H-pyrrole nitrogens is 1. The van der Waals surface area contributed by atoms with Gasteiger partial charge in [0.2, 0.25) is 0 Å². The molecule has 3 heterocycles. The van der Waals surface area contributed by atoms with Crippen molar-refractivity contribution in [2.75, 3.05) is 26.3 Å². The summed E-state index contributed by atoms with van der Waals surface area (Å²) in [4.78, 5) is 2.48. The first-order valence-corrected chi connectivity index (χ1v) is 7.40. The molecule has 1 aromatic rings. The van der Waals surface area contributed by atoms with Crippen molar-refractivity contribution in [1.82, 2.24) is 15.1 Å². The minimum atomic E-state index is 0.0296. The van der Waals surface area contributed by atoms with Crippen LogP contribution in [0.25, 0.3) is 0 Å². The fourth-order valence-electron chi connectivity index (χ4n) is 3.04. The molecule has 0 unspecified atom stereocenters. The predicted octanol–water partition coefficient (Wildman–Crippen LogP) is 2.09. The quantitative estimate of drug-likeness (QED) is 0.885. The van der Waals surface area contributed by atoms with E-state index in [1.54, 1.807) is 0 Å². The first-order chi connectivity index (χ1) is 9.43. The van der Waals surface area contributed by atoms with Crippen LogP contribution >= 0.6 is 0 Å². The molecule has 1 aromatic heterocycles. The molecule has 0 saturated carbocycles. The molecule has 3 rings (SSSR count). The molecule has 0 aromatic carbocycles. The second-order valence-electron chi connectivity index (χ2n) is 5.37. The standard InChI is InChI=1S/C14H23N3O2/c1-2-10-18-14(5-1)19-11-9-17-8-3-4-13(17)12-6-7-15-16-12/h6-7,13-14H,1-5,8-11H2,(H,15,16)/t13-,14-/m1/s1. The van der Waals surface area contributed by atoms with E-state index in [1.807, 2.05) is 6.20 Å². The molecule has 2 saturated heterocycles. The molecular formula is C14H23N3O2. The normalized spacial score (nSPS) is 28.8. The monoisotopic (exact) mass is 265 g/mol. The Bertz CT molecular complexity index is 363. The number of aromatic nitrogens is 2. The lowest BCUT2D eigenvalue weighted by molar-refractivity contribution is -0.164. The number of likely N-dealkylation sites (tertiary alicyclic amines) is 1. The number of nitrogens with one attached hydrogen (secondary N) is 1. The molecular weight excluding hydrogens is 242 g/mol. The van der Waals surface area contributed by atoms with Crippen molar-refractivity contribution in [3.05, 3.63) is 18.0 Å². The van der Waals surface area contributed by atoms with E-state index in [0.717, 1.165) is 32.7 Å². The summed E-state index contributed by atoms with van der Waals surface area (Å²) in [5.74, 6) is 0. The van der Waals surface area contributed by atoms with Crippen molar-refractivity contribution in [1.29, 1.82) is 0 Å². The van der Waals surface area contributed by atoms with Crippen molar-refractivity contribution in [3.8, 4) is 0 Å². The van der Waals surface area contributed by atoms with E-state index >= 15 is 0 Å². The Balaban J connectivity index is 1.44. The Kier molecular flexibility index (Phi) is 4.48. The third-order valence-corrected chi connectivity index (χ3v) is 4.07. The minimum absolute atomic E-state index is 0.0296. The molecule has 0 spiro atoms. The van der Waals surface area contributed by atoms with Crippen LogP contribution in [0.1, 0.15) is 43.8 Å². The lowest BCUT2D eigenvalue weighted by atomic mass is 10.1. The zero-order chi connectivity index (χ0) is 12.9. The molecule has 0 radical (unpaired) electrons. The number of rotatable bonds is 5. The van der Waals surface area contributed by atoms with Gasteiger partial charge >= 0.3 is 0 Å². The lowest BCUT2D eigenvalue weighted by Gasteiger charge is -2.26. The highest BCUT2D eigenvalue weighted by atomic mass is 16.7. The van der Waals surface area contributed by atoms with Gasteiger partial charge in [-0.25, -0.2) is 0 Å². The minimum Gasteiger partial charge on any atom is -0.353 e. The van der Waals surface area contributed by atoms with Gasteiger partial charge in [0.05, 0.1) is 18.3 Å². The average molecular weight is 265 g/mol. The Hall–Kier alpha value is -0.910. The van der Waals surface area contributed by atoms with Gasteiger partial charge in [-0.15, -0.1) is 0 Å². The van der Waals surface area contributed by atoms with Gasteiger partial charge in [0.15, 0.2) is 6.29 Å². The van der Waals surface area contributed by atoms with E-state index in [-0.39, 0.29) is 6.29 Å². The largest absolute Gasteiger partial charge is 0.353 e. The summed E-state index contributed by atoms with van der Waals surface area (Å²) in [6, 6.07) is 2.56. The van der Waals surface area contributed by atoms with Crippen LogP contribution in [0.4, 0.5) is 0 Å². The molecule has 1 N–H and O–H groups in total. The van der Waals surface area contributed by atoms with Crippen LogP contribution in [0.5, 0.6) is 0 Å². The fourth-order valence-corrected chi connectivity index (χ4v) is 3.04. The van der Waals surface area contributed by atoms with E-state index in [4.69, 9.17) is 9.47 Å². The van der Waals surface area contributed by atoms with Crippen molar-refractivity contribution in [3.63, 3.8) is 0 Å². The van der Waals surface area contributed by atoms with Gasteiger partial charge in [-0.3, -0.25) is 10.00 Å². The van der Waals surface area contributed by atoms with Crippen LogP contribution in [0.15, 0.2) is 12.3 Å². The maximum Gasteiger partial charge on any atom is 0.157 e. The maximum atomic E-state index is 5.82. The van der Waals surface area contributed by atoms with E-state index in [2.05, 4.69) is 21.2 Å². The molecule has 5 nitrogen and oxygen atoms in total. The van der Waals surface area contributed by atoms with Crippen LogP contribution in [0.3, 0.4) is 0 Å². The van der Waals surface area contributed by atoms with Gasteiger partial charge in [0.25, 0.3) is 0 Å². The Morgan fingerprint density at radius 1 is 1.37 bits per heavy atom. The topological polar surface area (TPSA) is 50.4 Å². The van der Waals surface area contributed by atoms with E-state index < -0.39 is 0 Å². The summed E-state index contributed by atoms with van der Waals surface area (Å²) in [5.41, 5.74) is 1.23. The van der Waals surface area contributed by atoms with Gasteiger partial charge in [0.1, 0.15) is 0 Å². The van der Waals surface area contributed by atoms with Crippen LogP contribution in [-0.2, 0) is 9.47 Å². The zero-order valence-electron chi connectivity index (χ0n) is 11.4. The highest BCUT2D eigenvalue weighted by Gasteiger charge is 2.26. The number of hydrogen-bond acceptors (Lipinski definition) is 4. The summed E-state index contributed by atoms with van der Waals surface area (Å²) in [7, 11) is 0. The summed E-state index contributed by atoms with van der Waals surface area (Å²) in [5, 5.41) is 7.14. The highest BCUT2D eigenvalue weighted by Crippen LogP contribution is 2.30. The van der Waals surface area contributed by atoms with E-state index in [1.165, 1.54) is 31.4 Å². The molecule has 2 fully saturated rings. The predicted molar refractivity (Wildman–Crippen MR) is 71.7 cm³/mol. The number of aromatic amines is 1. The third-order valence-electron chi connectivity index (χ3n) is 4.07. The Labute approximate surface area is 114 Å². The zero-order valence-corrected chi connectivity index (χ0v) is 11.4. The van der Waals surface area contributed by atoms with Gasteiger partial charge in [-0.1, -0.05) is 0 Å². The van der Waals surface area contributed by atoms with E-state index in [9.17, 15) is 0 Å². The van der Waals surface area contributed by atoms with Crippen molar-refractivity contribution < 1.29 is 9.47 Å². The molecule has 0 bridgehead atoms. The van der Waals surface area contributed by atoms with Crippen LogP contribution < -0.4 is 0 Å². The molecule has 2 aliphatic heterocycles. The molecule has 2 atom stereocenters. The van der Waals surface area contributed by atoms with Crippen LogP contribution in [0.2, 0.25) is 0 Å². The SMILES string of the molecule is c1cc([C@H]2CCCN2CCO[C@@H]2CCCCO2)[nH]n1. The van der Waals surface area contributed by atoms with Gasteiger partial charge < -0.3 is 9.47 Å². The smallest absolute Gasteiger partial charge is 0.157 e. The number of ether oxygens (including phenoxy) is 2. The first-order valence-electron chi connectivity index (χ1n) is 7.40. The summed E-state index contributed by atoms with van der Waals surface area (Å²) < 4.78 is 11.4. The molecule has 2 aliphatic rings. The summed E-state index contributed by atoms with van der Waals surface area (Å²) >= 11 is 0. The van der Waals surface area contributed by atoms with Crippen molar-refractivity contribution in [2.24, 2.45) is 0 Å². The number of nitrogens with zero attached hydrogens (tertiary/aromatic N) is 2. The van der Waals surface area contributed by atoms with Crippen molar-refractivity contribution in [2.45, 2.75) is 44.4 Å². The summed E-state index contributed by atoms with van der Waals surface area (Å²) in [6.07, 6.45) is 7.77. The molecule has 0 aliphatic carbocycles. The van der Waals surface area contributed by atoms with Gasteiger partial charge in [-0.05, 0) is 44.7 Å². The molecule has 5 heteroatoms. The van der Waals surface area contributed by atoms with Crippen molar-refractivity contribution >= 4 is 0 Å². The summed E-state index contributed by atoms with van der Waals surface area (Å²) in [6.45, 7) is 3.74. The lowest BCUT2D eigenvalue weighted by Crippen LogP contribution is -2.30. The Morgan fingerprint density at radius 3 is 3.16 bits per heavy atom. The maximum absolute atomic E-state index is 5.82. The third kappa shape index (κ3) is 3.35. The Morgan fingerprint density at radius 2 is 2.37 bits per heavy atom. The first kappa shape index (κ1) is 13.1. The average Bonchev–Trinajstić information content (AvgIpc) is 3.10. The van der Waals surface area contributed by atoms with Gasteiger partial charge in [0, 0.05) is 19.3 Å². The molecule has 19 heavy (non-hydrogen) atoms. The van der Waals surface area contributed by atoms with E-state index in [0.29, 0.717) is 6.04 Å². The second kappa shape index (κ2) is 6.50. The van der Waals surface area contributed by atoms with Crippen LogP contribution in [0, 0.1) is 0 Å².